The Bertz CT molecular complexity index is 762. The molecule has 0 spiro atoms. The average molecular weight is 352 g/mol. The smallest absolute Gasteiger partial charge is 0.137 e. The van der Waals surface area contributed by atoms with Gasteiger partial charge in [-0.2, -0.15) is 0 Å². The van der Waals surface area contributed by atoms with Gasteiger partial charge in [-0.25, -0.2) is 9.97 Å². The van der Waals surface area contributed by atoms with Gasteiger partial charge in [0.25, 0.3) is 0 Å². The lowest BCUT2D eigenvalue weighted by Crippen LogP contribution is -2.46. The van der Waals surface area contributed by atoms with E-state index in [0.717, 1.165) is 49.1 Å². The SMILES string of the molecule is C/C=C/c1ccc2ncnc(N[C@H]3CC[C@H](N4CCOCC4)CC3)c2c1. The molecule has 1 aliphatic carbocycles. The van der Waals surface area contributed by atoms with Gasteiger partial charge >= 0.3 is 0 Å². The largest absolute Gasteiger partial charge is 0.379 e. The van der Waals surface area contributed by atoms with Crippen LogP contribution in [0.15, 0.2) is 30.6 Å². The maximum atomic E-state index is 5.49. The second-order valence-corrected chi connectivity index (χ2v) is 7.30. The van der Waals surface area contributed by atoms with Gasteiger partial charge in [-0.15, -0.1) is 0 Å². The molecule has 1 aliphatic heterocycles. The predicted octanol–water partition coefficient (Wildman–Crippen LogP) is 3.72. The molecule has 0 amide bonds. The van der Waals surface area contributed by atoms with Gasteiger partial charge in [0.15, 0.2) is 0 Å². The van der Waals surface area contributed by atoms with Crippen LogP contribution in [0, 0.1) is 0 Å². The number of aromatic nitrogens is 2. The van der Waals surface area contributed by atoms with Crippen molar-refractivity contribution < 1.29 is 4.74 Å². The Morgan fingerprint density at radius 3 is 2.69 bits per heavy atom. The fourth-order valence-electron chi connectivity index (χ4n) is 4.21. The van der Waals surface area contributed by atoms with Gasteiger partial charge in [0.05, 0.1) is 18.7 Å². The first-order valence-corrected chi connectivity index (χ1v) is 9.79. The van der Waals surface area contributed by atoms with Gasteiger partial charge in [0, 0.05) is 30.6 Å². The predicted molar refractivity (Wildman–Crippen MR) is 106 cm³/mol. The Morgan fingerprint density at radius 1 is 1.12 bits per heavy atom. The zero-order valence-corrected chi connectivity index (χ0v) is 15.5. The molecule has 0 radical (unpaired) electrons. The number of fused-ring (bicyclic) bond motifs is 1. The van der Waals surface area contributed by atoms with E-state index in [-0.39, 0.29) is 0 Å². The Labute approximate surface area is 155 Å². The van der Waals surface area contributed by atoms with E-state index in [2.05, 4.69) is 50.5 Å². The highest BCUT2D eigenvalue weighted by Crippen LogP contribution is 2.28. The molecule has 0 atom stereocenters. The van der Waals surface area contributed by atoms with Crippen molar-refractivity contribution in [1.82, 2.24) is 14.9 Å². The number of rotatable bonds is 4. The molecule has 2 heterocycles. The van der Waals surface area contributed by atoms with E-state index in [0.29, 0.717) is 6.04 Å². The summed E-state index contributed by atoms with van der Waals surface area (Å²) >= 11 is 0. The molecule has 0 bridgehead atoms. The third kappa shape index (κ3) is 3.89. The maximum Gasteiger partial charge on any atom is 0.137 e. The average Bonchev–Trinajstić information content (AvgIpc) is 2.70. The summed E-state index contributed by atoms with van der Waals surface area (Å²) < 4.78 is 5.49. The van der Waals surface area contributed by atoms with Crippen LogP contribution < -0.4 is 5.32 Å². The van der Waals surface area contributed by atoms with Gasteiger partial charge in [-0.05, 0) is 50.3 Å². The molecule has 2 aliphatic rings. The molecule has 1 aromatic heterocycles. The number of allylic oxidation sites excluding steroid dienone is 1. The molecule has 1 N–H and O–H groups in total. The van der Waals surface area contributed by atoms with Crippen molar-refractivity contribution in [2.24, 2.45) is 0 Å². The van der Waals surface area contributed by atoms with E-state index in [1.165, 1.54) is 31.2 Å². The highest BCUT2D eigenvalue weighted by Gasteiger charge is 2.27. The van der Waals surface area contributed by atoms with Gasteiger partial charge in [0.2, 0.25) is 0 Å². The Balaban J connectivity index is 1.43. The number of hydrogen-bond acceptors (Lipinski definition) is 5. The molecule has 1 saturated heterocycles. The van der Waals surface area contributed by atoms with Crippen molar-refractivity contribution in [1.29, 1.82) is 0 Å². The first kappa shape index (κ1) is 17.4. The fraction of sp³-hybridized carbons (Fsp3) is 0.524. The lowest BCUT2D eigenvalue weighted by Gasteiger charge is -2.39. The molecular weight excluding hydrogens is 324 g/mol. The van der Waals surface area contributed by atoms with Crippen LogP contribution in [0.1, 0.15) is 38.2 Å². The zero-order valence-electron chi connectivity index (χ0n) is 15.5. The van der Waals surface area contributed by atoms with Crippen molar-refractivity contribution in [3.63, 3.8) is 0 Å². The summed E-state index contributed by atoms with van der Waals surface area (Å²) in [4.78, 5) is 11.6. The molecule has 4 rings (SSSR count). The van der Waals surface area contributed by atoms with Gasteiger partial charge < -0.3 is 10.1 Å². The maximum absolute atomic E-state index is 5.49. The number of nitrogens with zero attached hydrogens (tertiary/aromatic N) is 3. The molecule has 0 unspecified atom stereocenters. The van der Waals surface area contributed by atoms with E-state index in [9.17, 15) is 0 Å². The molecule has 1 aromatic carbocycles. The zero-order chi connectivity index (χ0) is 17.8. The first-order chi connectivity index (χ1) is 12.8. The summed E-state index contributed by atoms with van der Waals surface area (Å²) in [5, 5.41) is 4.81. The van der Waals surface area contributed by atoms with Crippen LogP contribution in [0.3, 0.4) is 0 Å². The number of benzene rings is 1. The molecule has 5 nitrogen and oxygen atoms in total. The molecular formula is C21H28N4O. The number of morpholine rings is 1. The van der Waals surface area contributed by atoms with Crippen LogP contribution in [-0.4, -0.2) is 53.3 Å². The lowest BCUT2D eigenvalue weighted by molar-refractivity contribution is 0.00791. The second kappa shape index (κ2) is 8.14. The number of hydrogen-bond donors (Lipinski definition) is 1. The van der Waals surface area contributed by atoms with Gasteiger partial charge in [-0.3, -0.25) is 4.90 Å². The molecule has 138 valence electrons. The van der Waals surface area contributed by atoms with Crippen molar-refractivity contribution >= 4 is 22.8 Å². The third-order valence-electron chi connectivity index (χ3n) is 5.62. The lowest BCUT2D eigenvalue weighted by atomic mass is 9.90. The number of ether oxygens (including phenoxy) is 1. The number of nitrogens with one attached hydrogen (secondary N) is 1. The molecule has 2 aromatic rings. The summed E-state index contributed by atoms with van der Waals surface area (Å²) in [7, 11) is 0. The third-order valence-corrected chi connectivity index (χ3v) is 5.62. The minimum Gasteiger partial charge on any atom is -0.379 e. The normalized spacial score (nSPS) is 25.0. The summed E-state index contributed by atoms with van der Waals surface area (Å²) in [6.07, 6.45) is 10.7. The fourth-order valence-corrected chi connectivity index (χ4v) is 4.21. The summed E-state index contributed by atoms with van der Waals surface area (Å²) in [5.41, 5.74) is 2.19. The monoisotopic (exact) mass is 352 g/mol. The van der Waals surface area contributed by atoms with Crippen LogP contribution in [0.25, 0.3) is 17.0 Å². The Kier molecular flexibility index (Phi) is 5.46. The minimum atomic E-state index is 0.496. The van der Waals surface area contributed by atoms with Crippen LogP contribution in [0.4, 0.5) is 5.82 Å². The second-order valence-electron chi connectivity index (χ2n) is 7.30. The van der Waals surface area contributed by atoms with Gasteiger partial charge in [0.1, 0.15) is 12.1 Å². The topological polar surface area (TPSA) is 50.3 Å². The number of anilines is 1. The van der Waals surface area contributed by atoms with Crippen LogP contribution in [0.5, 0.6) is 0 Å². The molecule has 26 heavy (non-hydrogen) atoms. The Morgan fingerprint density at radius 2 is 1.92 bits per heavy atom. The van der Waals surface area contributed by atoms with Gasteiger partial charge in [-0.1, -0.05) is 18.2 Å². The van der Waals surface area contributed by atoms with E-state index < -0.39 is 0 Å². The van der Waals surface area contributed by atoms with Crippen molar-refractivity contribution in [2.75, 3.05) is 31.6 Å². The standard InChI is InChI=1S/C21H28N4O/c1-2-3-16-4-9-20-19(14-16)21(23-15-22-20)24-17-5-7-18(8-6-17)25-10-12-26-13-11-25/h2-4,9,14-15,17-18H,5-8,10-13H2,1H3,(H,22,23,24)/b3-2+/t17-,18-. The van der Waals surface area contributed by atoms with Crippen molar-refractivity contribution in [3.8, 4) is 0 Å². The highest BCUT2D eigenvalue weighted by atomic mass is 16.5. The highest BCUT2D eigenvalue weighted by molar-refractivity contribution is 5.90. The van der Waals surface area contributed by atoms with E-state index >= 15 is 0 Å². The van der Waals surface area contributed by atoms with Crippen LogP contribution in [0.2, 0.25) is 0 Å². The van der Waals surface area contributed by atoms with Crippen LogP contribution in [-0.2, 0) is 4.74 Å². The van der Waals surface area contributed by atoms with E-state index in [1.807, 2.05) is 6.92 Å². The first-order valence-electron chi connectivity index (χ1n) is 9.79. The van der Waals surface area contributed by atoms with E-state index in [1.54, 1.807) is 6.33 Å². The van der Waals surface area contributed by atoms with Crippen LogP contribution >= 0.6 is 0 Å². The summed E-state index contributed by atoms with van der Waals surface area (Å²) in [6.45, 7) is 6.00. The Hall–Kier alpha value is -1.98. The molecule has 2 fully saturated rings. The quantitative estimate of drug-likeness (QED) is 0.909. The molecule has 1 saturated carbocycles. The van der Waals surface area contributed by atoms with Crippen molar-refractivity contribution in [2.45, 2.75) is 44.7 Å². The summed E-state index contributed by atoms with van der Waals surface area (Å²) in [5.74, 6) is 0.969. The summed E-state index contributed by atoms with van der Waals surface area (Å²) in [6, 6.07) is 7.58. The van der Waals surface area contributed by atoms with Crippen molar-refractivity contribution in [3.05, 3.63) is 36.2 Å². The van der Waals surface area contributed by atoms with E-state index in [4.69, 9.17) is 4.74 Å². The minimum absolute atomic E-state index is 0.496. The molecule has 5 heteroatoms.